The number of nitrogens with one attached hydrogen (secondary N) is 2. The number of sulfonamides is 1. The smallest absolute Gasteiger partial charge is 0.211 e. The number of ether oxygens (including phenoxy) is 1. The fourth-order valence-electron chi connectivity index (χ4n) is 1.73. The van der Waals surface area contributed by atoms with Crippen LogP contribution in [0.4, 0.5) is 0 Å². The molecule has 5 nitrogen and oxygen atoms in total. The minimum absolute atomic E-state index is 0.0779. The van der Waals surface area contributed by atoms with Gasteiger partial charge in [-0.15, -0.1) is 0 Å². The minimum atomic E-state index is -3.10. The molecule has 1 saturated carbocycles. The predicted molar refractivity (Wildman–Crippen MR) is 63.9 cm³/mol. The summed E-state index contributed by atoms with van der Waals surface area (Å²) < 4.78 is 31.0. The molecule has 2 N–H and O–H groups in total. The SMILES string of the molecule is CCNCCCS(=O)(=O)NC1CC(OC)C1. The van der Waals surface area contributed by atoms with E-state index >= 15 is 0 Å². The molecule has 0 amide bonds. The molecule has 1 fully saturated rings. The maximum absolute atomic E-state index is 11.6. The highest BCUT2D eigenvalue weighted by Gasteiger charge is 2.31. The molecule has 0 aromatic rings. The van der Waals surface area contributed by atoms with Crippen molar-refractivity contribution in [2.24, 2.45) is 0 Å². The molecule has 0 radical (unpaired) electrons. The van der Waals surface area contributed by atoms with Gasteiger partial charge in [-0.25, -0.2) is 13.1 Å². The lowest BCUT2D eigenvalue weighted by atomic mass is 9.90. The summed E-state index contributed by atoms with van der Waals surface area (Å²) in [5.41, 5.74) is 0. The monoisotopic (exact) mass is 250 g/mol. The predicted octanol–water partition coefficient (Wildman–Crippen LogP) is 0.0828. The molecule has 1 rings (SSSR count). The highest BCUT2D eigenvalue weighted by molar-refractivity contribution is 7.89. The molecule has 0 heterocycles. The third-order valence-corrected chi connectivity index (χ3v) is 4.31. The molecule has 0 aromatic heterocycles. The van der Waals surface area contributed by atoms with E-state index in [1.54, 1.807) is 7.11 Å². The van der Waals surface area contributed by atoms with E-state index in [1.807, 2.05) is 6.92 Å². The van der Waals surface area contributed by atoms with Crippen LogP contribution in [0.2, 0.25) is 0 Å². The van der Waals surface area contributed by atoms with E-state index in [0.29, 0.717) is 6.42 Å². The molecule has 0 spiro atoms. The Labute approximate surface area is 98.0 Å². The van der Waals surface area contributed by atoms with E-state index in [2.05, 4.69) is 10.0 Å². The van der Waals surface area contributed by atoms with Crippen LogP contribution in [0.15, 0.2) is 0 Å². The summed E-state index contributed by atoms with van der Waals surface area (Å²) in [5, 5.41) is 3.11. The van der Waals surface area contributed by atoms with Crippen molar-refractivity contribution in [2.45, 2.75) is 38.3 Å². The molecule has 0 saturated heterocycles. The van der Waals surface area contributed by atoms with E-state index in [0.717, 1.165) is 25.9 Å². The summed E-state index contributed by atoms with van der Waals surface area (Å²) in [6, 6.07) is 0.0779. The van der Waals surface area contributed by atoms with Crippen molar-refractivity contribution in [2.75, 3.05) is 26.0 Å². The molecule has 1 aliphatic rings. The average Bonchev–Trinajstić information content (AvgIpc) is 2.18. The number of methoxy groups -OCH3 is 1. The molecular formula is C10H22N2O3S. The van der Waals surface area contributed by atoms with Gasteiger partial charge < -0.3 is 10.1 Å². The summed E-state index contributed by atoms with van der Waals surface area (Å²) in [6.07, 6.45) is 2.48. The zero-order chi connectivity index (χ0) is 12.0. The standard InChI is InChI=1S/C10H22N2O3S/c1-3-11-5-4-6-16(13,14)12-9-7-10(8-9)15-2/h9-12H,3-8H2,1-2H3. The van der Waals surface area contributed by atoms with Crippen molar-refractivity contribution in [3.63, 3.8) is 0 Å². The number of hydrogen-bond acceptors (Lipinski definition) is 4. The minimum Gasteiger partial charge on any atom is -0.381 e. The first-order valence-corrected chi connectivity index (χ1v) is 7.46. The van der Waals surface area contributed by atoms with Gasteiger partial charge in [-0.2, -0.15) is 0 Å². The Bertz CT molecular complexity index is 286. The van der Waals surface area contributed by atoms with Crippen LogP contribution in [-0.2, 0) is 14.8 Å². The van der Waals surface area contributed by atoms with E-state index < -0.39 is 10.0 Å². The Morgan fingerprint density at radius 3 is 2.62 bits per heavy atom. The Hall–Kier alpha value is -0.170. The average molecular weight is 250 g/mol. The van der Waals surface area contributed by atoms with Gasteiger partial charge in [0.2, 0.25) is 10.0 Å². The molecule has 0 unspecified atom stereocenters. The number of rotatable bonds is 8. The van der Waals surface area contributed by atoms with Gasteiger partial charge in [0.25, 0.3) is 0 Å². The van der Waals surface area contributed by atoms with E-state index in [9.17, 15) is 8.42 Å². The zero-order valence-electron chi connectivity index (χ0n) is 10.0. The second-order valence-electron chi connectivity index (χ2n) is 4.17. The van der Waals surface area contributed by atoms with E-state index in [1.165, 1.54) is 0 Å². The Morgan fingerprint density at radius 2 is 2.06 bits per heavy atom. The van der Waals surface area contributed by atoms with Crippen molar-refractivity contribution in [3.8, 4) is 0 Å². The van der Waals surface area contributed by atoms with Crippen LogP contribution in [0.3, 0.4) is 0 Å². The fraction of sp³-hybridized carbons (Fsp3) is 1.00. The second-order valence-corrected chi connectivity index (χ2v) is 6.04. The van der Waals surface area contributed by atoms with Crippen LogP contribution in [-0.4, -0.2) is 46.5 Å². The van der Waals surface area contributed by atoms with Crippen molar-refractivity contribution in [3.05, 3.63) is 0 Å². The molecule has 0 bridgehead atoms. The topological polar surface area (TPSA) is 67.4 Å². The van der Waals surface area contributed by atoms with Gasteiger partial charge in [0.1, 0.15) is 0 Å². The lowest BCUT2D eigenvalue weighted by molar-refractivity contribution is 0.0236. The van der Waals surface area contributed by atoms with Gasteiger partial charge in [-0.05, 0) is 32.4 Å². The third kappa shape index (κ3) is 4.78. The van der Waals surface area contributed by atoms with Crippen LogP contribution < -0.4 is 10.0 Å². The fourth-order valence-corrected chi connectivity index (χ4v) is 3.07. The van der Waals surface area contributed by atoms with Gasteiger partial charge in [0.15, 0.2) is 0 Å². The molecule has 16 heavy (non-hydrogen) atoms. The van der Waals surface area contributed by atoms with Crippen LogP contribution in [0.5, 0.6) is 0 Å². The highest BCUT2D eigenvalue weighted by Crippen LogP contribution is 2.23. The van der Waals surface area contributed by atoms with Gasteiger partial charge in [-0.1, -0.05) is 6.92 Å². The maximum Gasteiger partial charge on any atom is 0.211 e. The van der Waals surface area contributed by atoms with Gasteiger partial charge in [-0.3, -0.25) is 0 Å². The summed E-state index contributed by atoms with van der Waals surface area (Å²) in [7, 11) is -1.44. The van der Waals surface area contributed by atoms with Crippen LogP contribution in [0.25, 0.3) is 0 Å². The summed E-state index contributed by atoms with van der Waals surface area (Å²) in [4.78, 5) is 0. The second kappa shape index (κ2) is 6.54. The quantitative estimate of drug-likeness (QED) is 0.599. The summed E-state index contributed by atoms with van der Waals surface area (Å²) in [5.74, 6) is 0.203. The summed E-state index contributed by atoms with van der Waals surface area (Å²) in [6.45, 7) is 3.64. The first kappa shape index (κ1) is 13.9. The number of hydrogen-bond donors (Lipinski definition) is 2. The molecule has 6 heteroatoms. The molecule has 0 atom stereocenters. The zero-order valence-corrected chi connectivity index (χ0v) is 10.8. The van der Waals surface area contributed by atoms with Crippen molar-refractivity contribution < 1.29 is 13.2 Å². The van der Waals surface area contributed by atoms with Gasteiger partial charge in [0, 0.05) is 13.2 Å². The summed E-state index contributed by atoms with van der Waals surface area (Å²) >= 11 is 0. The lowest BCUT2D eigenvalue weighted by Crippen LogP contribution is -2.48. The molecule has 96 valence electrons. The Balaban J connectivity index is 2.15. The third-order valence-electron chi connectivity index (χ3n) is 2.79. The van der Waals surface area contributed by atoms with Crippen molar-refractivity contribution >= 4 is 10.0 Å². The molecule has 0 aliphatic heterocycles. The first-order valence-electron chi connectivity index (χ1n) is 5.81. The molecular weight excluding hydrogens is 228 g/mol. The maximum atomic E-state index is 11.6. The van der Waals surface area contributed by atoms with Gasteiger partial charge in [0.05, 0.1) is 11.9 Å². The highest BCUT2D eigenvalue weighted by atomic mass is 32.2. The largest absolute Gasteiger partial charge is 0.381 e. The first-order chi connectivity index (χ1) is 7.57. The molecule has 1 aliphatic carbocycles. The lowest BCUT2D eigenvalue weighted by Gasteiger charge is -2.34. The Kier molecular flexibility index (Phi) is 5.68. The van der Waals surface area contributed by atoms with Crippen LogP contribution >= 0.6 is 0 Å². The Morgan fingerprint density at radius 1 is 1.38 bits per heavy atom. The van der Waals surface area contributed by atoms with E-state index in [-0.39, 0.29) is 17.9 Å². The van der Waals surface area contributed by atoms with Crippen LogP contribution in [0.1, 0.15) is 26.2 Å². The molecule has 0 aromatic carbocycles. The van der Waals surface area contributed by atoms with Gasteiger partial charge >= 0.3 is 0 Å². The van der Waals surface area contributed by atoms with Crippen molar-refractivity contribution in [1.29, 1.82) is 0 Å². The normalized spacial score (nSPS) is 25.4. The van der Waals surface area contributed by atoms with Crippen molar-refractivity contribution in [1.82, 2.24) is 10.0 Å². The van der Waals surface area contributed by atoms with Crippen LogP contribution in [0, 0.1) is 0 Å². The van der Waals surface area contributed by atoms with E-state index in [4.69, 9.17) is 4.74 Å².